The van der Waals surface area contributed by atoms with Crippen molar-refractivity contribution in [1.29, 1.82) is 0 Å². The van der Waals surface area contributed by atoms with Crippen molar-refractivity contribution in [2.75, 3.05) is 7.11 Å². The smallest absolute Gasteiger partial charge is 0.411 e. The highest BCUT2D eigenvalue weighted by atomic mass is 16.6. The summed E-state index contributed by atoms with van der Waals surface area (Å²) in [6.07, 6.45) is -0.987. The molecule has 0 aromatic heterocycles. The summed E-state index contributed by atoms with van der Waals surface area (Å²) in [6, 6.07) is 15.4. The Morgan fingerprint density at radius 1 is 1.06 bits per heavy atom. The molecule has 34 heavy (non-hydrogen) atoms. The fourth-order valence-electron chi connectivity index (χ4n) is 5.02. The molecule has 2 N–H and O–H groups in total. The SMILES string of the molecule is COc1ccccc1CN[C@@H]1[C@@H](C(C)(C)C)[C@H](C(=O)O)N(C(=O)OC(C)C)[C@@H]1c1ccccc1. The lowest BCUT2D eigenvalue weighted by molar-refractivity contribution is -0.144. The summed E-state index contributed by atoms with van der Waals surface area (Å²) >= 11 is 0. The number of carboxylic acid groups (broad SMARTS) is 1. The van der Waals surface area contributed by atoms with Gasteiger partial charge < -0.3 is 19.9 Å². The van der Waals surface area contributed by atoms with Crippen molar-refractivity contribution in [1.82, 2.24) is 10.2 Å². The van der Waals surface area contributed by atoms with Crippen molar-refractivity contribution in [3.8, 4) is 5.75 Å². The van der Waals surface area contributed by atoms with Crippen LogP contribution in [-0.2, 0) is 16.1 Å². The number of nitrogens with one attached hydrogen (secondary N) is 1. The molecule has 184 valence electrons. The van der Waals surface area contributed by atoms with E-state index in [4.69, 9.17) is 9.47 Å². The first kappa shape index (κ1) is 25.6. The molecular formula is C27H36N2O5. The van der Waals surface area contributed by atoms with Crippen LogP contribution in [0.4, 0.5) is 4.79 Å². The minimum atomic E-state index is -1.05. The van der Waals surface area contributed by atoms with E-state index in [0.717, 1.165) is 16.9 Å². The van der Waals surface area contributed by atoms with Gasteiger partial charge in [0.15, 0.2) is 0 Å². The molecule has 3 rings (SSSR count). The number of hydrogen-bond donors (Lipinski definition) is 2. The molecule has 1 heterocycles. The molecule has 1 aliphatic heterocycles. The summed E-state index contributed by atoms with van der Waals surface area (Å²) < 4.78 is 11.1. The Kier molecular flexibility index (Phi) is 7.87. The number of ether oxygens (including phenoxy) is 2. The van der Waals surface area contributed by atoms with Crippen molar-refractivity contribution < 1.29 is 24.2 Å². The van der Waals surface area contributed by atoms with Crippen LogP contribution in [0.3, 0.4) is 0 Å². The third-order valence-corrected chi connectivity index (χ3v) is 6.33. The number of likely N-dealkylation sites (tertiary alicyclic amines) is 1. The summed E-state index contributed by atoms with van der Waals surface area (Å²) in [4.78, 5) is 27.4. The van der Waals surface area contributed by atoms with E-state index in [0.29, 0.717) is 6.54 Å². The third kappa shape index (κ3) is 5.36. The molecule has 1 saturated heterocycles. The van der Waals surface area contributed by atoms with Gasteiger partial charge in [-0.1, -0.05) is 69.3 Å². The maximum Gasteiger partial charge on any atom is 0.411 e. The van der Waals surface area contributed by atoms with E-state index >= 15 is 0 Å². The molecule has 0 spiro atoms. The first-order chi connectivity index (χ1) is 16.1. The van der Waals surface area contributed by atoms with Crippen LogP contribution in [0.1, 0.15) is 51.8 Å². The number of benzene rings is 2. The van der Waals surface area contributed by atoms with Gasteiger partial charge in [0, 0.05) is 24.1 Å². The van der Waals surface area contributed by atoms with E-state index in [-0.39, 0.29) is 18.1 Å². The highest BCUT2D eigenvalue weighted by Gasteiger charge is 2.58. The fraction of sp³-hybridized carbons (Fsp3) is 0.481. The molecule has 2 aromatic rings. The maximum absolute atomic E-state index is 13.3. The van der Waals surface area contributed by atoms with Gasteiger partial charge in [-0.2, -0.15) is 0 Å². The number of rotatable bonds is 7. The fourth-order valence-corrected chi connectivity index (χ4v) is 5.02. The van der Waals surface area contributed by atoms with E-state index in [1.165, 1.54) is 4.90 Å². The van der Waals surface area contributed by atoms with Crippen LogP contribution in [0.2, 0.25) is 0 Å². The number of methoxy groups -OCH3 is 1. The first-order valence-electron chi connectivity index (χ1n) is 11.7. The minimum Gasteiger partial charge on any atom is -0.496 e. The summed E-state index contributed by atoms with van der Waals surface area (Å²) in [5.41, 5.74) is 1.40. The van der Waals surface area contributed by atoms with Crippen LogP contribution >= 0.6 is 0 Å². The van der Waals surface area contributed by atoms with Crippen LogP contribution < -0.4 is 10.1 Å². The molecule has 1 fully saturated rings. The molecule has 1 amide bonds. The van der Waals surface area contributed by atoms with Crippen LogP contribution in [-0.4, -0.2) is 47.4 Å². The van der Waals surface area contributed by atoms with Gasteiger partial charge in [-0.3, -0.25) is 4.90 Å². The van der Waals surface area contributed by atoms with E-state index in [9.17, 15) is 14.7 Å². The Bertz CT molecular complexity index is 986. The van der Waals surface area contributed by atoms with Gasteiger partial charge in [0.25, 0.3) is 0 Å². The Labute approximate surface area is 202 Å². The number of nitrogens with zero attached hydrogens (tertiary/aromatic N) is 1. The summed E-state index contributed by atoms with van der Waals surface area (Å²) in [5.74, 6) is -0.671. The number of amides is 1. The predicted molar refractivity (Wildman–Crippen MR) is 131 cm³/mol. The van der Waals surface area contributed by atoms with Crippen LogP contribution in [0.25, 0.3) is 0 Å². The van der Waals surface area contributed by atoms with E-state index in [1.807, 2.05) is 75.4 Å². The van der Waals surface area contributed by atoms with Crippen LogP contribution in [0.5, 0.6) is 5.75 Å². The first-order valence-corrected chi connectivity index (χ1v) is 11.7. The summed E-state index contributed by atoms with van der Waals surface area (Å²) in [6.45, 7) is 10.0. The molecular weight excluding hydrogens is 432 g/mol. The standard InChI is InChI=1S/C27H36N2O5/c1-17(2)34-26(32)29-23(18-12-8-7-9-13-18)22(21(27(3,4)5)24(29)25(30)31)28-16-19-14-10-11-15-20(19)33-6/h7-15,17,21-24,28H,16H2,1-6H3,(H,30,31)/t21-,22-,23-,24-/m1/s1. The quantitative estimate of drug-likeness (QED) is 0.603. The number of carbonyl (C=O) groups excluding carboxylic acids is 1. The van der Waals surface area contributed by atoms with E-state index in [1.54, 1.807) is 21.0 Å². The van der Waals surface area contributed by atoms with Crippen LogP contribution in [0, 0.1) is 11.3 Å². The minimum absolute atomic E-state index is 0.340. The number of para-hydroxylation sites is 1. The van der Waals surface area contributed by atoms with Gasteiger partial charge in [0.05, 0.1) is 19.3 Å². The molecule has 0 radical (unpaired) electrons. The topological polar surface area (TPSA) is 88.1 Å². The van der Waals surface area contributed by atoms with Gasteiger partial charge >= 0.3 is 12.1 Å². The molecule has 7 nitrogen and oxygen atoms in total. The largest absolute Gasteiger partial charge is 0.496 e. The molecule has 0 aliphatic carbocycles. The zero-order chi connectivity index (χ0) is 25.0. The zero-order valence-corrected chi connectivity index (χ0v) is 20.8. The third-order valence-electron chi connectivity index (χ3n) is 6.33. The monoisotopic (exact) mass is 468 g/mol. The number of carboxylic acids is 1. The van der Waals surface area contributed by atoms with Crippen molar-refractivity contribution in [3.05, 3.63) is 65.7 Å². The molecule has 0 saturated carbocycles. The second-order valence-electron chi connectivity index (χ2n) is 10.1. The van der Waals surface area contributed by atoms with Crippen molar-refractivity contribution in [3.63, 3.8) is 0 Å². The second kappa shape index (κ2) is 10.5. The lowest BCUT2D eigenvalue weighted by atomic mass is 9.72. The number of carbonyl (C=O) groups is 2. The summed E-state index contributed by atoms with van der Waals surface area (Å²) in [7, 11) is 1.63. The average Bonchev–Trinajstić information content (AvgIpc) is 3.14. The van der Waals surface area contributed by atoms with Gasteiger partial charge in [-0.25, -0.2) is 9.59 Å². The summed E-state index contributed by atoms with van der Waals surface area (Å²) in [5, 5.41) is 14.0. The zero-order valence-electron chi connectivity index (χ0n) is 20.8. The Hall–Kier alpha value is -3.06. The Morgan fingerprint density at radius 3 is 2.24 bits per heavy atom. The Morgan fingerprint density at radius 2 is 1.68 bits per heavy atom. The van der Waals surface area contributed by atoms with Gasteiger partial charge in [0.1, 0.15) is 11.8 Å². The normalized spacial score (nSPS) is 22.6. The van der Waals surface area contributed by atoms with Gasteiger partial charge in [-0.05, 0) is 30.9 Å². The molecule has 0 bridgehead atoms. The molecule has 4 atom stereocenters. The lowest BCUT2D eigenvalue weighted by Crippen LogP contribution is -2.48. The Balaban J connectivity index is 2.12. The second-order valence-corrected chi connectivity index (χ2v) is 10.1. The highest BCUT2D eigenvalue weighted by Crippen LogP contribution is 2.48. The van der Waals surface area contributed by atoms with Gasteiger partial charge in [0.2, 0.25) is 0 Å². The number of aliphatic carboxylic acids is 1. The van der Waals surface area contributed by atoms with Crippen molar-refractivity contribution >= 4 is 12.1 Å². The van der Waals surface area contributed by atoms with E-state index < -0.39 is 29.6 Å². The highest BCUT2D eigenvalue weighted by molar-refractivity contribution is 5.82. The lowest BCUT2D eigenvalue weighted by Gasteiger charge is -2.35. The molecule has 2 aromatic carbocycles. The maximum atomic E-state index is 13.3. The van der Waals surface area contributed by atoms with Gasteiger partial charge in [-0.15, -0.1) is 0 Å². The van der Waals surface area contributed by atoms with Crippen LogP contribution in [0.15, 0.2) is 54.6 Å². The number of hydrogen-bond acceptors (Lipinski definition) is 5. The molecule has 7 heteroatoms. The van der Waals surface area contributed by atoms with Crippen molar-refractivity contribution in [2.24, 2.45) is 11.3 Å². The van der Waals surface area contributed by atoms with Crippen molar-refractivity contribution in [2.45, 2.75) is 65.4 Å². The predicted octanol–water partition coefficient (Wildman–Crippen LogP) is 4.87. The molecule has 1 aliphatic rings. The average molecular weight is 469 g/mol. The molecule has 0 unspecified atom stereocenters. The van der Waals surface area contributed by atoms with E-state index in [2.05, 4.69) is 5.32 Å².